The van der Waals surface area contributed by atoms with Crippen molar-refractivity contribution in [2.45, 2.75) is 39.3 Å². The van der Waals surface area contributed by atoms with Gasteiger partial charge in [-0.15, -0.1) is 0 Å². The lowest BCUT2D eigenvalue weighted by Gasteiger charge is -2.43. The first-order valence-electron chi connectivity index (χ1n) is 8.47. The largest absolute Gasteiger partial charge is 0.504 e. The molecule has 23 heavy (non-hydrogen) atoms. The molecule has 1 fully saturated rings. The van der Waals surface area contributed by atoms with Gasteiger partial charge in [-0.1, -0.05) is 19.9 Å². The molecule has 1 aromatic rings. The number of hydrogen-bond acceptors (Lipinski definition) is 5. The molecule has 1 heterocycles. The number of nitrogens with zero attached hydrogens (tertiary/aromatic N) is 3. The molecule has 0 radical (unpaired) electrons. The molecular weight excluding hydrogens is 290 g/mol. The fraction of sp³-hybridized carbons (Fsp3) is 0.611. The number of piperazine rings is 1. The SMILES string of the molecule is CCOc1cc(C(C#N)N2CCN(CC)CC2CC)ccc1O. The second kappa shape index (κ2) is 8.19. The highest BCUT2D eigenvalue weighted by atomic mass is 16.5. The van der Waals surface area contributed by atoms with Gasteiger partial charge in [-0.2, -0.15) is 5.26 Å². The molecule has 0 saturated carbocycles. The molecule has 0 aliphatic carbocycles. The summed E-state index contributed by atoms with van der Waals surface area (Å²) in [6, 6.07) is 7.75. The predicted molar refractivity (Wildman–Crippen MR) is 90.5 cm³/mol. The number of benzene rings is 1. The molecule has 1 saturated heterocycles. The summed E-state index contributed by atoms with van der Waals surface area (Å²) >= 11 is 0. The minimum absolute atomic E-state index is 0.120. The maximum absolute atomic E-state index is 9.87. The summed E-state index contributed by atoms with van der Waals surface area (Å²) in [6.45, 7) is 10.6. The number of aromatic hydroxyl groups is 1. The molecular formula is C18H27N3O2. The number of phenols is 1. The monoisotopic (exact) mass is 317 g/mol. The Morgan fingerprint density at radius 2 is 2.13 bits per heavy atom. The van der Waals surface area contributed by atoms with Gasteiger partial charge < -0.3 is 14.7 Å². The van der Waals surface area contributed by atoms with Crippen molar-refractivity contribution in [2.24, 2.45) is 0 Å². The second-order valence-electron chi connectivity index (χ2n) is 5.88. The van der Waals surface area contributed by atoms with Crippen LogP contribution in [0.1, 0.15) is 38.8 Å². The topological polar surface area (TPSA) is 59.7 Å². The highest BCUT2D eigenvalue weighted by Crippen LogP contribution is 2.33. The standard InChI is InChI=1S/C18H27N3O2/c1-4-15-13-20(5-2)9-10-21(15)16(12-19)14-7-8-17(22)18(11-14)23-6-3/h7-8,11,15-16,22H,4-6,9-10,13H2,1-3H3. The average molecular weight is 317 g/mol. The van der Waals surface area contributed by atoms with Gasteiger partial charge in [0.25, 0.3) is 0 Å². The van der Waals surface area contributed by atoms with Crippen molar-refractivity contribution >= 4 is 0 Å². The predicted octanol–water partition coefficient (Wildman–Crippen LogP) is 2.77. The summed E-state index contributed by atoms with van der Waals surface area (Å²) in [5, 5.41) is 19.6. The van der Waals surface area contributed by atoms with E-state index in [0.717, 1.165) is 38.2 Å². The zero-order chi connectivity index (χ0) is 16.8. The quantitative estimate of drug-likeness (QED) is 0.874. The number of hydrogen-bond donors (Lipinski definition) is 1. The van der Waals surface area contributed by atoms with Crippen molar-refractivity contribution in [3.05, 3.63) is 23.8 Å². The molecule has 0 amide bonds. The van der Waals surface area contributed by atoms with Gasteiger partial charge in [0, 0.05) is 25.7 Å². The number of phenolic OH excluding ortho intramolecular Hbond substituents is 1. The van der Waals surface area contributed by atoms with E-state index in [4.69, 9.17) is 4.74 Å². The van der Waals surface area contributed by atoms with Crippen LogP contribution >= 0.6 is 0 Å². The van der Waals surface area contributed by atoms with E-state index in [1.807, 2.05) is 13.0 Å². The van der Waals surface area contributed by atoms with Crippen molar-refractivity contribution in [2.75, 3.05) is 32.8 Å². The van der Waals surface area contributed by atoms with Crippen LogP contribution in [0.5, 0.6) is 11.5 Å². The highest BCUT2D eigenvalue weighted by molar-refractivity contribution is 5.44. The third kappa shape index (κ3) is 3.95. The van der Waals surface area contributed by atoms with Crippen LogP contribution in [-0.4, -0.2) is 53.7 Å². The van der Waals surface area contributed by atoms with E-state index < -0.39 is 0 Å². The molecule has 2 rings (SSSR count). The molecule has 5 nitrogen and oxygen atoms in total. The summed E-state index contributed by atoms with van der Waals surface area (Å²) in [7, 11) is 0. The molecule has 2 unspecified atom stereocenters. The van der Waals surface area contributed by atoms with E-state index in [-0.39, 0.29) is 11.8 Å². The van der Waals surface area contributed by atoms with Crippen LogP contribution in [0.25, 0.3) is 0 Å². The Morgan fingerprint density at radius 1 is 1.35 bits per heavy atom. The lowest BCUT2D eigenvalue weighted by Crippen LogP contribution is -2.53. The van der Waals surface area contributed by atoms with Gasteiger partial charge in [-0.3, -0.25) is 4.90 Å². The Bertz CT molecular complexity index is 556. The van der Waals surface area contributed by atoms with Crippen LogP contribution in [-0.2, 0) is 0 Å². The van der Waals surface area contributed by atoms with Gasteiger partial charge >= 0.3 is 0 Å². The number of nitriles is 1. The fourth-order valence-electron chi connectivity index (χ4n) is 3.24. The van der Waals surface area contributed by atoms with Gasteiger partial charge in [-0.25, -0.2) is 0 Å². The number of ether oxygens (including phenoxy) is 1. The maximum atomic E-state index is 9.87. The average Bonchev–Trinajstić information content (AvgIpc) is 2.58. The summed E-state index contributed by atoms with van der Waals surface area (Å²) in [6.07, 6.45) is 1.02. The van der Waals surface area contributed by atoms with Gasteiger partial charge in [-0.05, 0) is 37.6 Å². The molecule has 1 aliphatic heterocycles. The van der Waals surface area contributed by atoms with Crippen LogP contribution in [0, 0.1) is 11.3 Å². The lowest BCUT2D eigenvalue weighted by molar-refractivity contribution is 0.0568. The molecule has 0 bridgehead atoms. The smallest absolute Gasteiger partial charge is 0.161 e. The van der Waals surface area contributed by atoms with Crippen molar-refractivity contribution in [1.29, 1.82) is 5.26 Å². The van der Waals surface area contributed by atoms with E-state index in [9.17, 15) is 10.4 Å². The van der Waals surface area contributed by atoms with Crippen LogP contribution < -0.4 is 4.74 Å². The van der Waals surface area contributed by atoms with Gasteiger partial charge in [0.1, 0.15) is 6.04 Å². The summed E-state index contributed by atoms with van der Waals surface area (Å²) in [4.78, 5) is 4.72. The van der Waals surface area contributed by atoms with Gasteiger partial charge in [0.2, 0.25) is 0 Å². The van der Waals surface area contributed by atoms with E-state index >= 15 is 0 Å². The molecule has 1 N–H and O–H groups in total. The molecule has 1 aromatic carbocycles. The summed E-state index contributed by atoms with van der Waals surface area (Å²) in [5.74, 6) is 0.570. The third-order valence-electron chi connectivity index (χ3n) is 4.58. The van der Waals surface area contributed by atoms with Gasteiger partial charge in [0.15, 0.2) is 11.5 Å². The fourth-order valence-corrected chi connectivity index (χ4v) is 3.24. The zero-order valence-electron chi connectivity index (χ0n) is 14.3. The Balaban J connectivity index is 2.25. The normalized spacial score (nSPS) is 20.9. The molecule has 126 valence electrons. The number of rotatable bonds is 6. The third-order valence-corrected chi connectivity index (χ3v) is 4.58. The Hall–Kier alpha value is -1.77. The van der Waals surface area contributed by atoms with Crippen LogP contribution in [0.2, 0.25) is 0 Å². The Morgan fingerprint density at radius 3 is 2.74 bits per heavy atom. The lowest BCUT2D eigenvalue weighted by atomic mass is 10.0. The van der Waals surface area contributed by atoms with E-state index in [0.29, 0.717) is 18.4 Å². The van der Waals surface area contributed by atoms with Crippen molar-refractivity contribution < 1.29 is 9.84 Å². The first kappa shape index (κ1) is 17.6. The summed E-state index contributed by atoms with van der Waals surface area (Å²) < 4.78 is 5.46. The number of likely N-dealkylation sites (N-methyl/N-ethyl adjacent to an activating group) is 1. The molecule has 0 aromatic heterocycles. The Labute approximate surface area is 139 Å². The van der Waals surface area contributed by atoms with Crippen LogP contribution in [0.15, 0.2) is 18.2 Å². The van der Waals surface area contributed by atoms with Crippen molar-refractivity contribution in [3.8, 4) is 17.6 Å². The first-order chi connectivity index (χ1) is 11.1. The minimum atomic E-state index is -0.307. The van der Waals surface area contributed by atoms with Crippen LogP contribution in [0.3, 0.4) is 0 Å². The van der Waals surface area contributed by atoms with E-state index in [1.54, 1.807) is 12.1 Å². The minimum Gasteiger partial charge on any atom is -0.504 e. The van der Waals surface area contributed by atoms with E-state index in [2.05, 4.69) is 29.7 Å². The molecule has 5 heteroatoms. The molecule has 2 atom stereocenters. The summed E-state index contributed by atoms with van der Waals surface area (Å²) in [5.41, 5.74) is 0.886. The van der Waals surface area contributed by atoms with Crippen LogP contribution in [0.4, 0.5) is 0 Å². The molecule has 1 aliphatic rings. The maximum Gasteiger partial charge on any atom is 0.161 e. The molecule has 0 spiro atoms. The van der Waals surface area contributed by atoms with Crippen molar-refractivity contribution in [1.82, 2.24) is 9.80 Å². The second-order valence-corrected chi connectivity index (χ2v) is 5.88. The highest BCUT2D eigenvalue weighted by Gasteiger charge is 2.31. The van der Waals surface area contributed by atoms with Crippen molar-refractivity contribution in [3.63, 3.8) is 0 Å². The first-order valence-corrected chi connectivity index (χ1v) is 8.47. The van der Waals surface area contributed by atoms with Gasteiger partial charge in [0.05, 0.1) is 12.7 Å². The Kier molecular flexibility index (Phi) is 6.26. The van der Waals surface area contributed by atoms with E-state index in [1.165, 1.54) is 0 Å². The zero-order valence-corrected chi connectivity index (χ0v) is 14.3.